The molecule has 0 amide bonds. The molecule has 6 rings (SSSR count). The first-order valence-electron chi connectivity index (χ1n) is 13.4. The fourth-order valence-corrected chi connectivity index (χ4v) is 5.94. The second kappa shape index (κ2) is 10.5. The summed E-state index contributed by atoms with van der Waals surface area (Å²) >= 11 is 0. The maximum absolute atomic E-state index is 5.92. The highest BCUT2D eigenvalue weighted by Crippen LogP contribution is 2.29. The minimum atomic E-state index is 0.508. The van der Waals surface area contributed by atoms with Crippen LogP contribution in [0.15, 0.2) is 66.9 Å². The Morgan fingerprint density at radius 1 is 0.800 bits per heavy atom. The maximum Gasteiger partial charge on any atom is 0.127 e. The number of para-hydroxylation sites is 1. The van der Waals surface area contributed by atoms with Crippen LogP contribution >= 0.6 is 0 Å². The summed E-state index contributed by atoms with van der Waals surface area (Å²) in [7, 11) is 0. The molecule has 0 saturated carbocycles. The molecular formula is C29H37N5O. The number of hydrogen-bond acceptors (Lipinski definition) is 5. The van der Waals surface area contributed by atoms with Crippen LogP contribution in [-0.4, -0.2) is 71.4 Å². The van der Waals surface area contributed by atoms with Crippen molar-refractivity contribution in [1.82, 2.24) is 24.9 Å². The van der Waals surface area contributed by atoms with Crippen molar-refractivity contribution >= 4 is 0 Å². The smallest absolute Gasteiger partial charge is 0.127 e. The molecule has 0 aliphatic carbocycles. The van der Waals surface area contributed by atoms with Crippen LogP contribution in [0.5, 0.6) is 11.5 Å². The van der Waals surface area contributed by atoms with Gasteiger partial charge in [0.1, 0.15) is 11.5 Å². The summed E-state index contributed by atoms with van der Waals surface area (Å²) in [6, 6.07) is 21.6. The summed E-state index contributed by atoms with van der Waals surface area (Å²) in [6.07, 6.45) is 7.20. The van der Waals surface area contributed by atoms with E-state index in [1.165, 1.54) is 71.5 Å². The van der Waals surface area contributed by atoms with E-state index in [-0.39, 0.29) is 0 Å². The molecule has 4 heterocycles. The lowest BCUT2D eigenvalue weighted by atomic mass is 9.92. The zero-order valence-corrected chi connectivity index (χ0v) is 20.6. The first kappa shape index (κ1) is 22.8. The highest BCUT2D eigenvalue weighted by molar-refractivity contribution is 5.59. The molecule has 3 aliphatic heterocycles. The van der Waals surface area contributed by atoms with Gasteiger partial charge >= 0.3 is 0 Å². The Kier molecular flexibility index (Phi) is 6.85. The van der Waals surface area contributed by atoms with Crippen molar-refractivity contribution < 1.29 is 4.74 Å². The van der Waals surface area contributed by atoms with Crippen molar-refractivity contribution in [3.05, 3.63) is 66.9 Å². The molecule has 0 spiro atoms. The van der Waals surface area contributed by atoms with Gasteiger partial charge in [0.2, 0.25) is 0 Å². The summed E-state index contributed by atoms with van der Waals surface area (Å²) in [5.41, 5.74) is 2.16. The number of ether oxygens (including phenoxy) is 1. The van der Waals surface area contributed by atoms with Crippen LogP contribution in [0.2, 0.25) is 0 Å². The molecule has 6 heteroatoms. The van der Waals surface area contributed by atoms with Crippen LogP contribution in [0.4, 0.5) is 0 Å². The van der Waals surface area contributed by atoms with Gasteiger partial charge in [0.25, 0.3) is 0 Å². The van der Waals surface area contributed by atoms with Crippen molar-refractivity contribution in [3.63, 3.8) is 0 Å². The second-order valence-electron chi connectivity index (χ2n) is 10.5. The molecule has 0 atom stereocenters. The number of aromatic nitrogens is 2. The average Bonchev–Trinajstić information content (AvgIpc) is 3.38. The van der Waals surface area contributed by atoms with Crippen molar-refractivity contribution in [1.29, 1.82) is 0 Å². The third kappa shape index (κ3) is 5.45. The van der Waals surface area contributed by atoms with Gasteiger partial charge in [-0.05, 0) is 87.2 Å². The minimum Gasteiger partial charge on any atom is -0.457 e. The van der Waals surface area contributed by atoms with Gasteiger partial charge in [-0.15, -0.1) is 0 Å². The lowest BCUT2D eigenvalue weighted by molar-refractivity contribution is 0.0136. The SMILES string of the molecule is c1ccc(Oc2ccc(-c3ccn(C4CCN(CC5CN(C6CCNCC6)C5)CC4)n3)cc2)cc1. The fraction of sp³-hybridized carbons (Fsp3) is 0.483. The van der Waals surface area contributed by atoms with E-state index < -0.39 is 0 Å². The number of nitrogens with one attached hydrogen (secondary N) is 1. The molecule has 2 aromatic carbocycles. The number of likely N-dealkylation sites (tertiary alicyclic amines) is 2. The molecule has 3 fully saturated rings. The molecule has 3 aromatic rings. The molecule has 0 radical (unpaired) electrons. The van der Waals surface area contributed by atoms with E-state index in [0.29, 0.717) is 6.04 Å². The third-order valence-corrected chi connectivity index (χ3v) is 8.00. The van der Waals surface area contributed by atoms with Crippen molar-refractivity contribution in [2.45, 2.75) is 37.8 Å². The van der Waals surface area contributed by atoms with E-state index in [0.717, 1.165) is 34.7 Å². The standard InChI is InChI=1S/C29H37N5O/c1-2-4-27(5-3-1)35-28-8-6-24(7-9-28)29-14-19-34(31-29)26-12-17-32(18-13-26)20-23-21-33(22-23)25-10-15-30-16-11-25/h1-9,14,19,23,25-26,30H,10-13,15-18,20-22H2. The Morgan fingerprint density at radius 3 is 2.26 bits per heavy atom. The molecule has 6 nitrogen and oxygen atoms in total. The summed E-state index contributed by atoms with van der Waals surface area (Å²) in [4.78, 5) is 5.42. The predicted octanol–water partition coefficient (Wildman–Crippen LogP) is 4.66. The van der Waals surface area contributed by atoms with Gasteiger partial charge in [0.15, 0.2) is 0 Å². The van der Waals surface area contributed by atoms with E-state index in [4.69, 9.17) is 9.84 Å². The Labute approximate surface area is 208 Å². The molecule has 3 saturated heterocycles. The van der Waals surface area contributed by atoms with Crippen molar-refractivity contribution in [2.75, 3.05) is 45.8 Å². The van der Waals surface area contributed by atoms with Crippen LogP contribution in [0, 0.1) is 5.92 Å². The third-order valence-electron chi connectivity index (χ3n) is 8.00. The lowest BCUT2D eigenvalue weighted by Gasteiger charge is -2.47. The Balaban J connectivity index is 0.970. The molecule has 0 bridgehead atoms. The molecule has 1 aromatic heterocycles. The minimum absolute atomic E-state index is 0.508. The van der Waals surface area contributed by atoms with Gasteiger partial charge in [0.05, 0.1) is 11.7 Å². The van der Waals surface area contributed by atoms with Gasteiger partial charge in [-0.2, -0.15) is 5.10 Å². The molecule has 1 N–H and O–H groups in total. The Bertz CT molecular complexity index is 1060. The van der Waals surface area contributed by atoms with Gasteiger partial charge in [0, 0.05) is 50.5 Å². The highest BCUT2D eigenvalue weighted by atomic mass is 16.5. The first-order chi connectivity index (χ1) is 17.3. The number of rotatable bonds is 7. The van der Waals surface area contributed by atoms with Crippen LogP contribution in [0.3, 0.4) is 0 Å². The van der Waals surface area contributed by atoms with Crippen LogP contribution in [-0.2, 0) is 0 Å². The fourth-order valence-electron chi connectivity index (χ4n) is 5.94. The van der Waals surface area contributed by atoms with Gasteiger partial charge in [-0.25, -0.2) is 0 Å². The van der Waals surface area contributed by atoms with Gasteiger partial charge < -0.3 is 15.0 Å². The number of piperidine rings is 2. The molecular weight excluding hydrogens is 434 g/mol. The summed E-state index contributed by atoms with van der Waals surface area (Å²) in [5, 5.41) is 8.42. The van der Waals surface area contributed by atoms with E-state index in [1.54, 1.807) is 0 Å². The topological polar surface area (TPSA) is 45.6 Å². The molecule has 184 valence electrons. The number of benzene rings is 2. The average molecular weight is 472 g/mol. The van der Waals surface area contributed by atoms with E-state index in [9.17, 15) is 0 Å². The summed E-state index contributed by atoms with van der Waals surface area (Å²) < 4.78 is 8.12. The van der Waals surface area contributed by atoms with E-state index in [2.05, 4.69) is 44.2 Å². The van der Waals surface area contributed by atoms with Gasteiger partial charge in [-0.3, -0.25) is 9.58 Å². The number of hydrogen-bond donors (Lipinski definition) is 1. The van der Waals surface area contributed by atoms with Gasteiger partial charge in [-0.1, -0.05) is 18.2 Å². The molecule has 35 heavy (non-hydrogen) atoms. The summed E-state index contributed by atoms with van der Waals surface area (Å²) in [6.45, 7) is 8.66. The molecule has 3 aliphatic rings. The monoisotopic (exact) mass is 471 g/mol. The lowest BCUT2D eigenvalue weighted by Crippen LogP contribution is -2.57. The quantitative estimate of drug-likeness (QED) is 0.543. The number of nitrogens with zero attached hydrogens (tertiary/aromatic N) is 4. The first-order valence-corrected chi connectivity index (χ1v) is 13.4. The van der Waals surface area contributed by atoms with Crippen LogP contribution < -0.4 is 10.1 Å². The maximum atomic E-state index is 5.92. The largest absolute Gasteiger partial charge is 0.457 e. The normalized spacial score (nSPS) is 21.1. The Hall–Kier alpha value is -2.67. The van der Waals surface area contributed by atoms with E-state index in [1.807, 2.05) is 42.5 Å². The predicted molar refractivity (Wildman–Crippen MR) is 140 cm³/mol. The second-order valence-corrected chi connectivity index (χ2v) is 10.5. The zero-order chi connectivity index (χ0) is 23.5. The Morgan fingerprint density at radius 2 is 1.51 bits per heavy atom. The van der Waals surface area contributed by atoms with Crippen LogP contribution in [0.25, 0.3) is 11.3 Å². The molecule has 0 unspecified atom stereocenters. The summed E-state index contributed by atoms with van der Waals surface area (Å²) in [5.74, 6) is 2.57. The highest BCUT2D eigenvalue weighted by Gasteiger charge is 2.34. The zero-order valence-electron chi connectivity index (χ0n) is 20.6. The van der Waals surface area contributed by atoms with Crippen LogP contribution in [0.1, 0.15) is 31.7 Å². The van der Waals surface area contributed by atoms with E-state index >= 15 is 0 Å². The van der Waals surface area contributed by atoms with Crippen molar-refractivity contribution in [2.24, 2.45) is 5.92 Å². The van der Waals surface area contributed by atoms with Crippen molar-refractivity contribution in [3.8, 4) is 22.8 Å².